The molecule has 3 aromatic carbocycles. The van der Waals surface area contributed by atoms with Crippen LogP contribution in [0.4, 0.5) is 0 Å². The average Bonchev–Trinajstić information content (AvgIpc) is 2.92. The summed E-state index contributed by atoms with van der Waals surface area (Å²) in [5.74, 6) is 0.947. The smallest absolute Gasteiger partial charge is 0.163 e. The predicted molar refractivity (Wildman–Crippen MR) is 156 cm³/mol. The zero-order valence-electron chi connectivity index (χ0n) is 21.7. The fraction of sp³-hybridized carbons (Fsp3) is 0.226. The lowest BCUT2D eigenvalue weighted by atomic mass is 9.99. The van der Waals surface area contributed by atoms with Gasteiger partial charge in [-0.25, -0.2) is 4.84 Å². The third kappa shape index (κ3) is 7.89. The number of hydrogen-bond donors (Lipinski definition) is 2. The third-order valence-electron chi connectivity index (χ3n) is 5.84. The molecular weight excluding hydrogens is 500 g/mol. The van der Waals surface area contributed by atoms with Gasteiger partial charge in [-0.3, -0.25) is 9.59 Å². The normalized spacial score (nSPS) is 11.7. The molecule has 38 heavy (non-hydrogen) atoms. The highest BCUT2D eigenvalue weighted by Crippen LogP contribution is 2.30. The number of ether oxygens (including phenoxy) is 2. The molecule has 0 unspecified atom stereocenters. The van der Waals surface area contributed by atoms with Gasteiger partial charge in [-0.1, -0.05) is 60.7 Å². The summed E-state index contributed by atoms with van der Waals surface area (Å²) in [6.07, 6.45) is 10.1. The van der Waals surface area contributed by atoms with E-state index in [-0.39, 0.29) is 18.0 Å². The minimum atomic E-state index is -0.269. The molecule has 0 fully saturated rings. The van der Waals surface area contributed by atoms with E-state index in [1.807, 2.05) is 74.5 Å². The van der Waals surface area contributed by atoms with Crippen LogP contribution in [0.25, 0.3) is 29.0 Å². The Labute approximate surface area is 228 Å². The van der Waals surface area contributed by atoms with Crippen molar-refractivity contribution in [2.75, 3.05) is 26.3 Å². The maximum Gasteiger partial charge on any atom is 0.163 e. The largest absolute Gasteiger partial charge is 0.492 e. The molecule has 0 bridgehead atoms. The Morgan fingerprint density at radius 2 is 1.50 bits per heavy atom. The highest BCUT2D eigenvalue weighted by molar-refractivity contribution is 6.13. The summed E-state index contributed by atoms with van der Waals surface area (Å²) in [5, 5.41) is 1.88. The summed E-state index contributed by atoms with van der Waals surface area (Å²) in [7, 11) is 0. The van der Waals surface area contributed by atoms with Gasteiger partial charge in [0.15, 0.2) is 11.6 Å². The van der Waals surface area contributed by atoms with Crippen molar-refractivity contribution in [1.29, 1.82) is 0 Å². The van der Waals surface area contributed by atoms with E-state index in [1.165, 1.54) is 12.2 Å². The van der Waals surface area contributed by atoms with Crippen LogP contribution in [0.1, 0.15) is 35.6 Å². The molecule has 3 aromatic rings. The standard InChI is InChI=1S/C31H33ClN2O4/c1-3-6-27-22(2)23(11-15-30(27)37-19-17-33)9-13-25(35)21-26(36)14-10-24-12-16-31(38-20-18-34-32)29-8-5-4-7-28(24)29/h3-16,34H,17-21,33H2,1-2H3/b6-3-,13-9+,14-10+. The van der Waals surface area contributed by atoms with E-state index in [9.17, 15) is 9.59 Å². The number of nitrogens with two attached hydrogens (primary N) is 1. The van der Waals surface area contributed by atoms with Gasteiger partial charge < -0.3 is 15.2 Å². The van der Waals surface area contributed by atoms with Crippen LogP contribution in [-0.4, -0.2) is 37.9 Å². The molecule has 0 atom stereocenters. The van der Waals surface area contributed by atoms with Crippen molar-refractivity contribution in [2.45, 2.75) is 20.3 Å². The maximum atomic E-state index is 12.5. The van der Waals surface area contributed by atoms with Crippen LogP contribution in [-0.2, 0) is 9.59 Å². The molecule has 0 aliphatic heterocycles. The number of ketones is 2. The number of benzene rings is 3. The first kappa shape index (κ1) is 28.9. The van der Waals surface area contributed by atoms with Gasteiger partial charge in [0, 0.05) is 24.0 Å². The third-order valence-corrected chi connectivity index (χ3v) is 6.03. The quantitative estimate of drug-likeness (QED) is 0.116. The summed E-state index contributed by atoms with van der Waals surface area (Å²) in [6.45, 7) is 5.70. The number of allylic oxidation sites excluding steroid dienone is 3. The molecule has 0 saturated carbocycles. The van der Waals surface area contributed by atoms with Crippen LogP contribution in [0.15, 0.2) is 66.8 Å². The monoisotopic (exact) mass is 532 g/mol. The summed E-state index contributed by atoms with van der Waals surface area (Å²) in [4.78, 5) is 27.6. The van der Waals surface area contributed by atoms with Crippen molar-refractivity contribution < 1.29 is 19.1 Å². The van der Waals surface area contributed by atoms with Gasteiger partial charge in [0.1, 0.15) is 24.7 Å². The van der Waals surface area contributed by atoms with Crippen LogP contribution in [0.2, 0.25) is 0 Å². The van der Waals surface area contributed by atoms with Crippen LogP contribution in [0, 0.1) is 6.92 Å². The zero-order valence-corrected chi connectivity index (χ0v) is 22.5. The Morgan fingerprint density at radius 1 is 0.868 bits per heavy atom. The lowest BCUT2D eigenvalue weighted by molar-refractivity contribution is -0.121. The molecule has 3 N–H and O–H groups in total. The van der Waals surface area contributed by atoms with Crippen LogP contribution in [0.5, 0.6) is 11.5 Å². The Bertz CT molecular complexity index is 1360. The molecular formula is C31H33ClN2O4. The average molecular weight is 533 g/mol. The van der Waals surface area contributed by atoms with Gasteiger partial charge in [0.2, 0.25) is 0 Å². The number of halogens is 1. The second-order valence-corrected chi connectivity index (χ2v) is 8.80. The Morgan fingerprint density at radius 3 is 2.18 bits per heavy atom. The number of hydrogen-bond acceptors (Lipinski definition) is 6. The number of nitrogens with one attached hydrogen (secondary N) is 1. The van der Waals surface area contributed by atoms with E-state index in [0.717, 1.165) is 44.5 Å². The molecule has 198 valence electrons. The fourth-order valence-corrected chi connectivity index (χ4v) is 4.07. The van der Waals surface area contributed by atoms with E-state index in [4.69, 9.17) is 27.0 Å². The van der Waals surface area contributed by atoms with E-state index < -0.39 is 0 Å². The summed E-state index contributed by atoms with van der Waals surface area (Å²) in [6, 6.07) is 15.3. The molecule has 3 rings (SSSR count). The van der Waals surface area contributed by atoms with Crippen LogP contribution >= 0.6 is 11.8 Å². The minimum Gasteiger partial charge on any atom is -0.492 e. The first-order chi connectivity index (χ1) is 18.5. The van der Waals surface area contributed by atoms with Crippen molar-refractivity contribution in [3.05, 3.63) is 89.0 Å². The molecule has 0 spiro atoms. The first-order valence-electron chi connectivity index (χ1n) is 12.5. The van der Waals surface area contributed by atoms with Crippen LogP contribution in [0.3, 0.4) is 0 Å². The molecule has 0 amide bonds. The van der Waals surface area contributed by atoms with Gasteiger partial charge in [-0.15, -0.1) is 0 Å². The molecule has 0 aliphatic carbocycles. The number of carbonyl (C=O) groups excluding carboxylic acids is 2. The SMILES string of the molecule is C/C=C\c1c(OCCN)ccc(/C=C/C(=O)CC(=O)/C=C/c2ccc(OCCNCl)c3ccccc23)c1C. The minimum absolute atomic E-state index is 0.212. The number of fused-ring (bicyclic) bond motifs is 1. The van der Waals surface area contributed by atoms with Gasteiger partial charge in [-0.05, 0) is 72.0 Å². The molecule has 0 aromatic heterocycles. The van der Waals surface area contributed by atoms with E-state index >= 15 is 0 Å². The molecule has 0 aliphatic rings. The fourth-order valence-electron chi connectivity index (χ4n) is 3.99. The van der Waals surface area contributed by atoms with Crippen LogP contribution < -0.4 is 20.0 Å². The van der Waals surface area contributed by atoms with Gasteiger partial charge in [0.05, 0.1) is 6.42 Å². The van der Waals surface area contributed by atoms with Gasteiger partial charge >= 0.3 is 0 Å². The molecule has 7 heteroatoms. The van der Waals surface area contributed by atoms with Crippen molar-refractivity contribution >= 4 is 52.3 Å². The van der Waals surface area contributed by atoms with Gasteiger partial charge in [0.25, 0.3) is 0 Å². The van der Waals surface area contributed by atoms with Crippen molar-refractivity contribution in [1.82, 2.24) is 4.84 Å². The summed E-state index contributed by atoms with van der Waals surface area (Å²) in [5.41, 5.74) is 9.22. The van der Waals surface area contributed by atoms with E-state index in [1.54, 1.807) is 12.2 Å². The van der Waals surface area contributed by atoms with Crippen molar-refractivity contribution in [2.24, 2.45) is 5.73 Å². The number of carbonyl (C=O) groups is 2. The Hall–Kier alpha value is -3.71. The van der Waals surface area contributed by atoms with E-state index in [2.05, 4.69) is 4.84 Å². The highest BCUT2D eigenvalue weighted by atomic mass is 35.5. The summed E-state index contributed by atoms with van der Waals surface area (Å²) < 4.78 is 11.5. The lowest BCUT2D eigenvalue weighted by Crippen LogP contribution is -2.11. The Kier molecular flexibility index (Phi) is 11.3. The van der Waals surface area contributed by atoms with Crippen molar-refractivity contribution in [3.63, 3.8) is 0 Å². The predicted octanol–water partition coefficient (Wildman–Crippen LogP) is 5.90. The first-order valence-corrected chi connectivity index (χ1v) is 12.8. The zero-order chi connectivity index (χ0) is 27.3. The highest BCUT2D eigenvalue weighted by Gasteiger charge is 2.10. The topological polar surface area (TPSA) is 90.7 Å². The molecule has 0 heterocycles. The second kappa shape index (κ2) is 14.9. The molecule has 6 nitrogen and oxygen atoms in total. The lowest BCUT2D eigenvalue weighted by Gasteiger charge is -2.13. The van der Waals surface area contributed by atoms with E-state index in [0.29, 0.717) is 26.3 Å². The molecule has 0 radical (unpaired) electrons. The van der Waals surface area contributed by atoms with Gasteiger partial charge in [-0.2, -0.15) is 0 Å². The molecule has 0 saturated heterocycles. The van der Waals surface area contributed by atoms with Crippen molar-refractivity contribution in [3.8, 4) is 11.5 Å². The number of rotatable bonds is 14. The Balaban J connectivity index is 1.69. The summed E-state index contributed by atoms with van der Waals surface area (Å²) >= 11 is 5.50. The second-order valence-electron chi connectivity index (χ2n) is 8.54. The maximum absolute atomic E-state index is 12.5.